The first kappa shape index (κ1) is 14.5. The van der Waals surface area contributed by atoms with Gasteiger partial charge in [-0.15, -0.1) is 0 Å². The van der Waals surface area contributed by atoms with Gasteiger partial charge >= 0.3 is 5.78 Å². The molecule has 118 valence electrons. The van der Waals surface area contributed by atoms with Crippen LogP contribution in [0.3, 0.4) is 0 Å². The second kappa shape index (κ2) is 5.54. The molecule has 0 aliphatic rings. The molecule has 1 N–H and O–H groups in total. The number of fused-ring (bicyclic) bond motifs is 2. The lowest BCUT2D eigenvalue weighted by Crippen LogP contribution is -2.10. The molecular formula is C18H10ClNO4. The number of rotatable bonds is 2. The number of amides is 1. The smallest absolute Gasteiger partial charge is 0.302 e. The van der Waals surface area contributed by atoms with Crippen LogP contribution in [-0.4, -0.2) is 5.91 Å². The first-order valence-corrected chi connectivity index (χ1v) is 7.52. The molecule has 0 aliphatic carbocycles. The van der Waals surface area contributed by atoms with Crippen LogP contribution in [0.5, 0.6) is 0 Å². The number of hydrogen-bond acceptors (Lipinski definition) is 4. The summed E-state index contributed by atoms with van der Waals surface area (Å²) < 4.78 is 11.0. The predicted octanol–water partition coefficient (Wildman–Crippen LogP) is 4.44. The Morgan fingerprint density at radius 1 is 0.958 bits per heavy atom. The van der Waals surface area contributed by atoms with Gasteiger partial charge in [-0.25, -0.2) is 0 Å². The van der Waals surface area contributed by atoms with Gasteiger partial charge in [0.2, 0.25) is 5.43 Å². The number of benzene rings is 2. The summed E-state index contributed by atoms with van der Waals surface area (Å²) in [6.07, 6.45) is 0. The van der Waals surface area contributed by atoms with Crippen molar-refractivity contribution in [3.63, 3.8) is 0 Å². The average Bonchev–Trinajstić information content (AvgIpc) is 3.02. The standard InChI is InChI=1S/C18H10ClNO4/c19-10-5-7-11(8-6-10)20-17(22)15-9-13-16(21)12-3-1-2-4-14(12)23-18(13)24-15/h1-9H,(H,20,22). The molecular weight excluding hydrogens is 330 g/mol. The van der Waals surface area contributed by atoms with Gasteiger partial charge in [0.1, 0.15) is 11.0 Å². The fraction of sp³-hybridized carbons (Fsp3) is 0. The molecule has 0 aliphatic heterocycles. The Bertz CT molecular complexity index is 1130. The van der Waals surface area contributed by atoms with Crippen molar-refractivity contribution in [2.45, 2.75) is 0 Å². The maximum Gasteiger partial charge on any atom is 0.302 e. The molecule has 0 saturated carbocycles. The minimum atomic E-state index is -0.479. The molecule has 0 radical (unpaired) electrons. The normalized spacial score (nSPS) is 11.0. The van der Waals surface area contributed by atoms with Gasteiger partial charge in [-0.05, 0) is 36.4 Å². The maximum absolute atomic E-state index is 12.5. The van der Waals surface area contributed by atoms with Gasteiger partial charge in [-0.2, -0.15) is 0 Å². The van der Waals surface area contributed by atoms with Crippen LogP contribution in [0.15, 0.2) is 68.2 Å². The molecule has 4 aromatic rings. The lowest BCUT2D eigenvalue weighted by molar-refractivity contribution is 0.0997. The number of carbonyl (C=O) groups is 1. The summed E-state index contributed by atoms with van der Waals surface area (Å²) in [5.74, 6) is -0.455. The lowest BCUT2D eigenvalue weighted by atomic mass is 10.2. The molecule has 1 amide bonds. The number of nitrogens with one attached hydrogen (secondary N) is 1. The summed E-state index contributed by atoms with van der Waals surface area (Å²) in [6.45, 7) is 0. The lowest BCUT2D eigenvalue weighted by Gasteiger charge is -2.02. The van der Waals surface area contributed by atoms with Crippen molar-refractivity contribution in [3.05, 3.63) is 75.6 Å². The number of furan rings is 1. The van der Waals surface area contributed by atoms with E-state index in [9.17, 15) is 9.59 Å². The molecule has 0 spiro atoms. The molecule has 4 rings (SSSR count). The molecule has 2 heterocycles. The van der Waals surface area contributed by atoms with Crippen LogP contribution in [0.2, 0.25) is 5.02 Å². The van der Waals surface area contributed by atoms with E-state index in [1.54, 1.807) is 48.5 Å². The fourth-order valence-electron chi connectivity index (χ4n) is 2.43. The van der Waals surface area contributed by atoms with Crippen LogP contribution in [-0.2, 0) is 0 Å². The van der Waals surface area contributed by atoms with E-state index in [1.165, 1.54) is 6.07 Å². The summed E-state index contributed by atoms with van der Waals surface area (Å²) in [6, 6.07) is 14.9. The van der Waals surface area contributed by atoms with E-state index >= 15 is 0 Å². The van der Waals surface area contributed by atoms with Crippen molar-refractivity contribution < 1.29 is 13.6 Å². The van der Waals surface area contributed by atoms with Crippen LogP contribution in [0.1, 0.15) is 10.6 Å². The van der Waals surface area contributed by atoms with Crippen LogP contribution in [0, 0.1) is 0 Å². The number of halogens is 1. The Kier molecular flexibility index (Phi) is 3.36. The van der Waals surface area contributed by atoms with Gasteiger partial charge in [0.25, 0.3) is 5.91 Å². The SMILES string of the molecule is O=C(Nc1ccc(Cl)cc1)c1cc2c(=O)c3ccccc3oc2o1. The molecule has 6 heteroatoms. The van der Waals surface area contributed by atoms with E-state index in [-0.39, 0.29) is 22.4 Å². The van der Waals surface area contributed by atoms with E-state index in [1.807, 2.05) is 0 Å². The van der Waals surface area contributed by atoms with Crippen molar-refractivity contribution in [1.29, 1.82) is 0 Å². The highest BCUT2D eigenvalue weighted by molar-refractivity contribution is 6.30. The number of anilines is 1. The third kappa shape index (κ3) is 2.45. The zero-order chi connectivity index (χ0) is 16.7. The highest BCUT2D eigenvalue weighted by Gasteiger charge is 2.17. The molecule has 2 aromatic heterocycles. The fourth-order valence-corrected chi connectivity index (χ4v) is 2.56. The molecule has 0 unspecified atom stereocenters. The monoisotopic (exact) mass is 339 g/mol. The Labute approximate surface area is 140 Å². The van der Waals surface area contributed by atoms with Gasteiger partial charge in [0.05, 0.1) is 5.39 Å². The van der Waals surface area contributed by atoms with Crippen molar-refractivity contribution in [1.82, 2.24) is 0 Å². The Morgan fingerprint density at radius 2 is 1.71 bits per heavy atom. The maximum atomic E-state index is 12.5. The topological polar surface area (TPSA) is 72.5 Å². The van der Waals surface area contributed by atoms with Crippen molar-refractivity contribution in [2.24, 2.45) is 0 Å². The molecule has 0 saturated heterocycles. The minimum Gasteiger partial charge on any atom is -0.425 e. The molecule has 2 aromatic carbocycles. The second-order valence-corrected chi connectivity index (χ2v) is 5.64. The largest absolute Gasteiger partial charge is 0.425 e. The summed E-state index contributed by atoms with van der Waals surface area (Å²) in [5.41, 5.74) is 0.740. The quantitative estimate of drug-likeness (QED) is 0.585. The van der Waals surface area contributed by atoms with E-state index < -0.39 is 5.91 Å². The minimum absolute atomic E-state index is 0.00361. The van der Waals surface area contributed by atoms with Gasteiger partial charge in [-0.1, -0.05) is 23.7 Å². The third-order valence-corrected chi connectivity index (χ3v) is 3.85. The van der Waals surface area contributed by atoms with Crippen LogP contribution < -0.4 is 10.7 Å². The third-order valence-electron chi connectivity index (χ3n) is 3.60. The predicted molar refractivity (Wildman–Crippen MR) is 91.7 cm³/mol. The average molecular weight is 340 g/mol. The van der Waals surface area contributed by atoms with E-state index in [0.717, 1.165) is 0 Å². The summed E-state index contributed by atoms with van der Waals surface area (Å²) in [4.78, 5) is 24.7. The van der Waals surface area contributed by atoms with Gasteiger partial charge < -0.3 is 14.2 Å². The Hall–Kier alpha value is -3.05. The first-order valence-electron chi connectivity index (χ1n) is 7.14. The number of para-hydroxylation sites is 1. The van der Waals surface area contributed by atoms with Crippen LogP contribution in [0.25, 0.3) is 22.1 Å². The molecule has 0 atom stereocenters. The van der Waals surface area contributed by atoms with Crippen molar-refractivity contribution >= 4 is 45.3 Å². The molecule has 5 nitrogen and oxygen atoms in total. The highest BCUT2D eigenvalue weighted by atomic mass is 35.5. The number of hydrogen-bond donors (Lipinski definition) is 1. The molecule has 24 heavy (non-hydrogen) atoms. The first-order chi connectivity index (χ1) is 11.6. The molecule has 0 fully saturated rings. The van der Waals surface area contributed by atoms with Crippen molar-refractivity contribution in [2.75, 3.05) is 5.32 Å². The zero-order valence-corrected chi connectivity index (χ0v) is 13.0. The van der Waals surface area contributed by atoms with E-state index in [0.29, 0.717) is 21.7 Å². The molecule has 0 bridgehead atoms. The zero-order valence-electron chi connectivity index (χ0n) is 12.2. The van der Waals surface area contributed by atoms with E-state index in [2.05, 4.69) is 5.32 Å². The summed E-state index contributed by atoms with van der Waals surface area (Å²) >= 11 is 5.81. The summed E-state index contributed by atoms with van der Waals surface area (Å²) in [5, 5.41) is 3.91. The summed E-state index contributed by atoms with van der Waals surface area (Å²) in [7, 11) is 0. The van der Waals surface area contributed by atoms with Crippen LogP contribution in [0.4, 0.5) is 5.69 Å². The highest BCUT2D eigenvalue weighted by Crippen LogP contribution is 2.22. The van der Waals surface area contributed by atoms with Crippen molar-refractivity contribution in [3.8, 4) is 0 Å². The van der Waals surface area contributed by atoms with Crippen LogP contribution >= 0.6 is 11.6 Å². The second-order valence-electron chi connectivity index (χ2n) is 5.20. The van der Waals surface area contributed by atoms with Gasteiger partial charge in [0, 0.05) is 16.8 Å². The Balaban J connectivity index is 1.75. The van der Waals surface area contributed by atoms with Gasteiger partial charge in [-0.3, -0.25) is 9.59 Å². The Morgan fingerprint density at radius 3 is 2.50 bits per heavy atom. The number of carbonyl (C=O) groups excluding carboxylic acids is 1. The van der Waals surface area contributed by atoms with E-state index in [4.69, 9.17) is 20.4 Å². The van der Waals surface area contributed by atoms with Gasteiger partial charge in [0.15, 0.2) is 5.76 Å².